The van der Waals surface area contributed by atoms with Crippen LogP contribution in [0.5, 0.6) is 0 Å². The van der Waals surface area contributed by atoms with Crippen LogP contribution < -0.4 is 0 Å². The quantitative estimate of drug-likeness (QED) is 0.493. The van der Waals surface area contributed by atoms with Gasteiger partial charge in [0.25, 0.3) is 0 Å². The summed E-state index contributed by atoms with van der Waals surface area (Å²) in [7, 11) is 1.36. The summed E-state index contributed by atoms with van der Waals surface area (Å²) in [6, 6.07) is 17.7. The molecule has 0 unspecified atom stereocenters. The third-order valence-electron chi connectivity index (χ3n) is 3.46. The lowest BCUT2D eigenvalue weighted by Gasteiger charge is -2.01. The largest absolute Gasteiger partial charge is 0.466 e. The summed E-state index contributed by atoms with van der Waals surface area (Å²) in [4.78, 5) is 11.4. The van der Waals surface area contributed by atoms with Crippen LogP contribution in [0.1, 0.15) is 5.56 Å². The summed E-state index contributed by atoms with van der Waals surface area (Å²) < 4.78 is 7.44. The van der Waals surface area contributed by atoms with E-state index in [4.69, 9.17) is 0 Å². The summed E-state index contributed by atoms with van der Waals surface area (Å²) in [5.74, 6) is -0.400. The van der Waals surface area contributed by atoms with Crippen molar-refractivity contribution < 1.29 is 9.53 Å². The second-order valence-corrected chi connectivity index (χ2v) is 6.00. The van der Waals surface area contributed by atoms with Gasteiger partial charge in [-0.25, -0.2) is 9.48 Å². The molecule has 0 spiro atoms. The van der Waals surface area contributed by atoms with Gasteiger partial charge in [0.2, 0.25) is 0 Å². The fraction of sp³-hybridized carbons (Fsp3) is 0.0526. The highest BCUT2D eigenvalue weighted by atomic mass is 79.9. The zero-order valence-electron chi connectivity index (χ0n) is 13.0. The van der Waals surface area contributed by atoms with Gasteiger partial charge in [0.1, 0.15) is 0 Å². The Hall–Kier alpha value is -2.66. The van der Waals surface area contributed by atoms with Crippen LogP contribution in [0.25, 0.3) is 23.0 Å². The Bertz CT molecular complexity index is 885. The Balaban J connectivity index is 2.09. The van der Waals surface area contributed by atoms with Crippen molar-refractivity contribution in [2.45, 2.75) is 0 Å². The van der Waals surface area contributed by atoms with Gasteiger partial charge in [-0.2, -0.15) is 5.10 Å². The third kappa shape index (κ3) is 3.63. The molecule has 3 aromatic rings. The van der Waals surface area contributed by atoms with Crippen molar-refractivity contribution in [2.75, 3.05) is 7.11 Å². The molecule has 0 saturated carbocycles. The summed E-state index contributed by atoms with van der Waals surface area (Å²) in [5, 5.41) is 4.69. The van der Waals surface area contributed by atoms with Gasteiger partial charge in [0, 0.05) is 27.9 Å². The molecular weight excluding hydrogens is 368 g/mol. The van der Waals surface area contributed by atoms with Crippen LogP contribution >= 0.6 is 15.9 Å². The number of hydrogen-bond donors (Lipinski definition) is 0. The second-order valence-electron chi connectivity index (χ2n) is 5.08. The fourth-order valence-corrected chi connectivity index (χ4v) is 2.71. The number of methoxy groups -OCH3 is 1. The molecule has 0 radical (unpaired) electrons. The van der Waals surface area contributed by atoms with E-state index in [1.165, 1.54) is 13.2 Å². The molecule has 0 aliphatic rings. The van der Waals surface area contributed by atoms with E-state index in [-0.39, 0.29) is 0 Å². The van der Waals surface area contributed by atoms with Crippen LogP contribution in [0, 0.1) is 0 Å². The Morgan fingerprint density at radius 3 is 2.67 bits per heavy atom. The minimum Gasteiger partial charge on any atom is -0.466 e. The zero-order valence-corrected chi connectivity index (χ0v) is 14.6. The van der Waals surface area contributed by atoms with Crippen LogP contribution in [0.3, 0.4) is 0 Å². The smallest absolute Gasteiger partial charge is 0.330 e. The Morgan fingerprint density at radius 1 is 1.17 bits per heavy atom. The predicted octanol–water partition coefficient (Wildman–Crippen LogP) is 4.49. The van der Waals surface area contributed by atoms with Gasteiger partial charge < -0.3 is 4.74 Å². The van der Waals surface area contributed by atoms with Crippen LogP contribution in [0.4, 0.5) is 0 Å². The Kier molecular flexibility index (Phi) is 4.91. The lowest BCUT2D eigenvalue weighted by Crippen LogP contribution is -1.93. The molecule has 3 rings (SSSR count). The first kappa shape index (κ1) is 16.2. The first-order valence-electron chi connectivity index (χ1n) is 7.34. The molecule has 0 aliphatic heterocycles. The minimum absolute atomic E-state index is 0.400. The fourth-order valence-electron chi connectivity index (χ4n) is 2.31. The first-order chi connectivity index (χ1) is 11.7. The molecule has 0 atom stereocenters. The number of carbonyl (C=O) groups excluding carboxylic acids is 1. The number of rotatable bonds is 4. The highest BCUT2D eigenvalue weighted by molar-refractivity contribution is 9.10. The van der Waals surface area contributed by atoms with Crippen LogP contribution in [-0.2, 0) is 9.53 Å². The molecule has 2 aromatic carbocycles. The van der Waals surface area contributed by atoms with E-state index < -0.39 is 5.97 Å². The van der Waals surface area contributed by atoms with E-state index in [1.807, 2.05) is 60.8 Å². The molecule has 0 fully saturated rings. The molecule has 0 amide bonds. The van der Waals surface area contributed by atoms with Gasteiger partial charge in [-0.1, -0.05) is 46.3 Å². The number of nitrogens with zero attached hydrogens (tertiary/aromatic N) is 2. The Labute approximate surface area is 148 Å². The molecule has 24 heavy (non-hydrogen) atoms. The number of esters is 1. The maximum atomic E-state index is 11.4. The van der Waals surface area contributed by atoms with Crippen LogP contribution in [0.15, 0.2) is 71.3 Å². The molecule has 120 valence electrons. The van der Waals surface area contributed by atoms with Crippen molar-refractivity contribution in [3.05, 3.63) is 76.9 Å². The molecule has 0 N–H and O–H groups in total. The maximum absolute atomic E-state index is 11.4. The molecule has 1 heterocycles. The Morgan fingerprint density at radius 2 is 1.96 bits per heavy atom. The average molecular weight is 383 g/mol. The van der Waals surface area contributed by atoms with E-state index >= 15 is 0 Å². The third-order valence-corrected chi connectivity index (χ3v) is 3.95. The van der Waals surface area contributed by atoms with Gasteiger partial charge in [-0.05, 0) is 30.3 Å². The predicted molar refractivity (Wildman–Crippen MR) is 97.8 cm³/mol. The highest BCUT2D eigenvalue weighted by Crippen LogP contribution is 2.27. The van der Waals surface area contributed by atoms with Crippen LogP contribution in [-0.4, -0.2) is 22.9 Å². The molecule has 4 nitrogen and oxygen atoms in total. The van der Waals surface area contributed by atoms with Crippen LogP contribution in [0.2, 0.25) is 0 Å². The van der Waals surface area contributed by atoms with E-state index in [1.54, 1.807) is 10.8 Å². The maximum Gasteiger partial charge on any atom is 0.330 e. The van der Waals surface area contributed by atoms with E-state index in [2.05, 4.69) is 25.8 Å². The summed E-state index contributed by atoms with van der Waals surface area (Å²) in [5.41, 5.74) is 3.54. The van der Waals surface area contributed by atoms with Gasteiger partial charge in [0.15, 0.2) is 0 Å². The van der Waals surface area contributed by atoms with Gasteiger partial charge in [-0.15, -0.1) is 0 Å². The summed E-state index contributed by atoms with van der Waals surface area (Å²) >= 11 is 3.48. The second kappa shape index (κ2) is 7.27. The zero-order chi connectivity index (χ0) is 16.9. The molecule has 0 saturated heterocycles. The molecular formula is C19H15BrN2O2. The molecule has 0 bridgehead atoms. The normalized spacial score (nSPS) is 10.9. The molecule has 0 aliphatic carbocycles. The molecule has 5 heteroatoms. The van der Waals surface area contributed by atoms with E-state index in [9.17, 15) is 4.79 Å². The summed E-state index contributed by atoms with van der Waals surface area (Å²) in [6.45, 7) is 0. The van der Waals surface area contributed by atoms with Crippen molar-refractivity contribution in [2.24, 2.45) is 0 Å². The van der Waals surface area contributed by atoms with E-state index in [0.29, 0.717) is 0 Å². The highest BCUT2D eigenvalue weighted by Gasteiger charge is 2.11. The number of hydrogen-bond acceptors (Lipinski definition) is 3. The summed E-state index contributed by atoms with van der Waals surface area (Å²) in [6.07, 6.45) is 5.01. The van der Waals surface area contributed by atoms with Crippen molar-refractivity contribution >= 4 is 28.0 Å². The molecule has 1 aromatic heterocycles. The van der Waals surface area contributed by atoms with Crippen molar-refractivity contribution in [1.82, 2.24) is 9.78 Å². The lowest BCUT2D eigenvalue weighted by molar-refractivity contribution is -0.134. The number of aromatic nitrogens is 2. The number of carbonyl (C=O) groups is 1. The van der Waals surface area contributed by atoms with Gasteiger partial charge in [0.05, 0.1) is 18.5 Å². The van der Waals surface area contributed by atoms with Gasteiger partial charge in [-0.3, -0.25) is 0 Å². The number of para-hydroxylation sites is 1. The van der Waals surface area contributed by atoms with E-state index in [0.717, 1.165) is 27.0 Å². The monoisotopic (exact) mass is 382 g/mol. The standard InChI is InChI=1S/C19H15BrN2O2/c1-24-18(23)11-10-15-13-22(17-8-3-2-4-9-17)21-19(15)14-6-5-7-16(20)12-14/h2-13H,1H3/b11-10+. The van der Waals surface area contributed by atoms with Crippen molar-refractivity contribution in [3.8, 4) is 16.9 Å². The van der Waals surface area contributed by atoms with Gasteiger partial charge >= 0.3 is 5.97 Å². The number of benzene rings is 2. The SMILES string of the molecule is COC(=O)/C=C/c1cn(-c2ccccc2)nc1-c1cccc(Br)c1. The van der Waals surface area contributed by atoms with Crippen molar-refractivity contribution in [3.63, 3.8) is 0 Å². The minimum atomic E-state index is -0.400. The number of ether oxygens (including phenoxy) is 1. The topological polar surface area (TPSA) is 44.1 Å². The van der Waals surface area contributed by atoms with Crippen molar-refractivity contribution in [1.29, 1.82) is 0 Å². The lowest BCUT2D eigenvalue weighted by atomic mass is 10.1. The number of halogens is 1. The first-order valence-corrected chi connectivity index (χ1v) is 8.14. The average Bonchev–Trinajstić information content (AvgIpc) is 3.04.